The van der Waals surface area contributed by atoms with E-state index < -0.39 is 0 Å². The number of allylic oxidation sites excluding steroid dienone is 2. The van der Waals surface area contributed by atoms with Gasteiger partial charge in [0.15, 0.2) is 0 Å². The molecule has 2 amide bonds. The van der Waals surface area contributed by atoms with Crippen molar-refractivity contribution in [3.8, 4) is 0 Å². The zero-order valence-corrected chi connectivity index (χ0v) is 17.9. The van der Waals surface area contributed by atoms with E-state index in [1.54, 1.807) is 4.90 Å². The van der Waals surface area contributed by atoms with Crippen LogP contribution in [0.2, 0.25) is 0 Å². The molecule has 0 aromatic carbocycles. The summed E-state index contributed by atoms with van der Waals surface area (Å²) >= 11 is 0. The predicted molar refractivity (Wildman–Crippen MR) is 112 cm³/mol. The molecule has 2 aliphatic heterocycles. The fourth-order valence-electron chi connectivity index (χ4n) is 5.56. The van der Waals surface area contributed by atoms with Crippen LogP contribution in [0.25, 0.3) is 0 Å². The number of hydrogen-bond donors (Lipinski definition) is 1. The molecule has 3 fully saturated rings. The highest BCUT2D eigenvalue weighted by atomic mass is 16.6. The number of rotatable bonds is 5. The van der Waals surface area contributed by atoms with E-state index in [0.717, 1.165) is 38.3 Å². The van der Waals surface area contributed by atoms with Gasteiger partial charge in [-0.25, -0.2) is 4.79 Å². The molecule has 162 valence electrons. The Hall–Kier alpha value is -1.56. The highest BCUT2D eigenvalue weighted by Crippen LogP contribution is 2.59. The summed E-state index contributed by atoms with van der Waals surface area (Å²) in [6.07, 6.45) is 13.3. The minimum atomic E-state index is -0.227. The molecule has 1 N–H and O–H groups in total. The number of piperidine rings is 2. The summed E-state index contributed by atoms with van der Waals surface area (Å²) < 4.78 is 5.07. The fraction of sp³-hybridized carbons (Fsp3) is 0.826. The number of ether oxygens (including phenoxy) is 1. The third-order valence-electron chi connectivity index (χ3n) is 7.62. The standard InChI is InChI=1S/C23H37N3O3/c1-2-29-22(28)26-12-8-19(9-13-26)24-21(27)20-16-23(20)10-14-25(15-11-23)17-18-6-4-3-5-7-18/h3-4,18-20H,2,5-17H2,1H3,(H,24,27)/t18-,20+/m0/s1. The first kappa shape index (κ1) is 20.7. The average Bonchev–Trinajstić information content (AvgIpc) is 3.45. The van der Waals surface area contributed by atoms with E-state index in [2.05, 4.69) is 22.4 Å². The number of nitrogens with zero attached hydrogens (tertiary/aromatic N) is 2. The Balaban J connectivity index is 1.16. The summed E-state index contributed by atoms with van der Waals surface area (Å²) in [6, 6.07) is 0.199. The molecule has 4 aliphatic rings. The number of hydrogen-bond acceptors (Lipinski definition) is 4. The summed E-state index contributed by atoms with van der Waals surface area (Å²) in [4.78, 5) is 29.0. The van der Waals surface area contributed by atoms with Crippen LogP contribution in [-0.2, 0) is 9.53 Å². The highest BCUT2D eigenvalue weighted by Gasteiger charge is 2.58. The molecule has 4 rings (SSSR count). The van der Waals surface area contributed by atoms with Crippen LogP contribution in [0, 0.1) is 17.3 Å². The normalized spacial score (nSPS) is 29.6. The number of amides is 2. The van der Waals surface area contributed by atoms with Crippen molar-refractivity contribution in [2.45, 2.75) is 64.3 Å². The zero-order valence-electron chi connectivity index (χ0n) is 17.9. The molecule has 6 heteroatoms. The number of carbonyl (C=O) groups is 2. The van der Waals surface area contributed by atoms with Gasteiger partial charge < -0.3 is 19.9 Å². The molecule has 2 atom stereocenters. The molecule has 2 heterocycles. The molecule has 1 spiro atoms. The molecule has 6 nitrogen and oxygen atoms in total. The van der Waals surface area contributed by atoms with E-state index in [-0.39, 0.29) is 29.4 Å². The lowest BCUT2D eigenvalue weighted by Crippen LogP contribution is -2.47. The van der Waals surface area contributed by atoms with Crippen molar-refractivity contribution >= 4 is 12.0 Å². The van der Waals surface area contributed by atoms with Crippen molar-refractivity contribution in [2.75, 3.05) is 39.3 Å². The Kier molecular flexibility index (Phi) is 6.47. The highest BCUT2D eigenvalue weighted by molar-refractivity contribution is 5.83. The molecule has 2 saturated heterocycles. The van der Waals surface area contributed by atoms with E-state index in [9.17, 15) is 9.59 Å². The molecular formula is C23H37N3O3. The Labute approximate surface area is 175 Å². The SMILES string of the molecule is CCOC(=O)N1CCC(NC(=O)[C@H]2CC23CCN(C[C@H]2CC=CCC2)CC3)CC1. The lowest BCUT2D eigenvalue weighted by atomic mass is 9.88. The molecule has 0 aromatic heterocycles. The van der Waals surface area contributed by atoms with Crippen LogP contribution >= 0.6 is 0 Å². The van der Waals surface area contributed by atoms with Crippen molar-refractivity contribution in [1.29, 1.82) is 0 Å². The van der Waals surface area contributed by atoms with Crippen molar-refractivity contribution in [3.05, 3.63) is 12.2 Å². The zero-order chi connectivity index (χ0) is 20.3. The first-order chi connectivity index (χ1) is 14.1. The molecule has 0 radical (unpaired) electrons. The topological polar surface area (TPSA) is 61.9 Å². The van der Waals surface area contributed by atoms with Crippen LogP contribution in [0.15, 0.2) is 12.2 Å². The van der Waals surface area contributed by atoms with Crippen LogP contribution in [0.4, 0.5) is 4.79 Å². The maximum Gasteiger partial charge on any atom is 0.409 e. The molecule has 0 bridgehead atoms. The second-order valence-electron chi connectivity index (χ2n) is 9.54. The molecule has 0 unspecified atom stereocenters. The lowest BCUT2D eigenvalue weighted by Gasteiger charge is -2.35. The predicted octanol–water partition coefficient (Wildman–Crippen LogP) is 3.18. The molecular weight excluding hydrogens is 366 g/mol. The quantitative estimate of drug-likeness (QED) is 0.716. The number of carbonyl (C=O) groups excluding carboxylic acids is 2. The van der Waals surface area contributed by atoms with Crippen molar-refractivity contribution < 1.29 is 14.3 Å². The van der Waals surface area contributed by atoms with Gasteiger partial charge in [0.25, 0.3) is 0 Å². The van der Waals surface area contributed by atoms with Crippen molar-refractivity contribution in [1.82, 2.24) is 15.1 Å². The van der Waals surface area contributed by atoms with E-state index >= 15 is 0 Å². The van der Waals surface area contributed by atoms with E-state index in [4.69, 9.17) is 4.74 Å². The van der Waals surface area contributed by atoms with E-state index in [0.29, 0.717) is 19.7 Å². The minimum absolute atomic E-state index is 0.199. The van der Waals surface area contributed by atoms with Gasteiger partial charge in [0, 0.05) is 31.6 Å². The lowest BCUT2D eigenvalue weighted by molar-refractivity contribution is -0.124. The van der Waals surface area contributed by atoms with E-state index in [1.165, 1.54) is 38.6 Å². The Morgan fingerprint density at radius 3 is 2.52 bits per heavy atom. The minimum Gasteiger partial charge on any atom is -0.450 e. The molecule has 1 saturated carbocycles. The van der Waals surface area contributed by atoms with Crippen molar-refractivity contribution in [2.24, 2.45) is 17.3 Å². The summed E-state index contributed by atoms with van der Waals surface area (Å²) in [5, 5.41) is 3.28. The Morgan fingerprint density at radius 1 is 1.10 bits per heavy atom. The van der Waals surface area contributed by atoms with Crippen LogP contribution in [0.3, 0.4) is 0 Å². The largest absolute Gasteiger partial charge is 0.450 e. The van der Waals surface area contributed by atoms with Crippen molar-refractivity contribution in [3.63, 3.8) is 0 Å². The summed E-state index contributed by atoms with van der Waals surface area (Å²) in [7, 11) is 0. The van der Waals surface area contributed by atoms with Gasteiger partial charge in [0.05, 0.1) is 6.61 Å². The second kappa shape index (κ2) is 9.07. The first-order valence-electron chi connectivity index (χ1n) is 11.7. The maximum absolute atomic E-state index is 12.8. The Bertz CT molecular complexity index is 619. The van der Waals surface area contributed by atoms with Crippen LogP contribution in [0.1, 0.15) is 58.3 Å². The third-order valence-corrected chi connectivity index (χ3v) is 7.62. The van der Waals surface area contributed by atoms with Gasteiger partial charge in [0.1, 0.15) is 0 Å². The van der Waals surface area contributed by atoms with Crippen LogP contribution < -0.4 is 5.32 Å². The van der Waals surface area contributed by atoms with Gasteiger partial charge in [-0.15, -0.1) is 0 Å². The van der Waals surface area contributed by atoms with Crippen LogP contribution in [-0.4, -0.2) is 67.2 Å². The van der Waals surface area contributed by atoms with Gasteiger partial charge in [-0.1, -0.05) is 12.2 Å². The number of likely N-dealkylation sites (tertiary alicyclic amines) is 2. The summed E-state index contributed by atoms with van der Waals surface area (Å²) in [5.74, 6) is 1.30. The molecule has 2 aliphatic carbocycles. The fourth-order valence-corrected chi connectivity index (χ4v) is 5.56. The smallest absolute Gasteiger partial charge is 0.409 e. The second-order valence-corrected chi connectivity index (χ2v) is 9.54. The molecule has 0 aromatic rings. The average molecular weight is 404 g/mol. The van der Waals surface area contributed by atoms with Gasteiger partial charge in [-0.3, -0.25) is 4.79 Å². The first-order valence-corrected chi connectivity index (χ1v) is 11.7. The van der Waals surface area contributed by atoms with Gasteiger partial charge >= 0.3 is 6.09 Å². The maximum atomic E-state index is 12.8. The molecule has 29 heavy (non-hydrogen) atoms. The third kappa shape index (κ3) is 4.96. The van der Waals surface area contributed by atoms with Gasteiger partial charge in [0.2, 0.25) is 5.91 Å². The number of nitrogens with one attached hydrogen (secondary N) is 1. The monoisotopic (exact) mass is 403 g/mol. The van der Waals surface area contributed by atoms with Gasteiger partial charge in [-0.05, 0) is 82.7 Å². The Morgan fingerprint density at radius 2 is 1.86 bits per heavy atom. The summed E-state index contributed by atoms with van der Waals surface area (Å²) in [6.45, 7) is 7.12. The van der Waals surface area contributed by atoms with Crippen LogP contribution in [0.5, 0.6) is 0 Å². The van der Waals surface area contributed by atoms with Gasteiger partial charge in [-0.2, -0.15) is 0 Å². The summed E-state index contributed by atoms with van der Waals surface area (Å²) in [5.41, 5.74) is 0.276. The van der Waals surface area contributed by atoms with E-state index in [1.807, 2.05) is 6.92 Å².